The normalized spacial score (nSPS) is 12.4. The first-order valence-electron chi connectivity index (χ1n) is 6.52. The number of rotatable bonds is 5. The van der Waals surface area contributed by atoms with Gasteiger partial charge in [0.25, 0.3) is 0 Å². The zero-order chi connectivity index (χ0) is 14.8. The van der Waals surface area contributed by atoms with E-state index in [1.165, 1.54) is 11.3 Å². The molecule has 2 N–H and O–H groups in total. The number of hydrogen-bond acceptors (Lipinski definition) is 3. The lowest BCUT2D eigenvalue weighted by Gasteiger charge is -2.05. The molecule has 0 radical (unpaired) electrons. The lowest BCUT2D eigenvalue weighted by molar-refractivity contribution is -0.139. The summed E-state index contributed by atoms with van der Waals surface area (Å²) in [5.41, 5.74) is 2.78. The second-order valence-corrected chi connectivity index (χ2v) is 5.70. The Labute approximate surface area is 125 Å². The Morgan fingerprint density at radius 2 is 2.19 bits per heavy atom. The van der Waals surface area contributed by atoms with Crippen LogP contribution in [0.3, 0.4) is 0 Å². The predicted molar refractivity (Wildman–Crippen MR) is 82.7 cm³/mol. The van der Waals surface area contributed by atoms with Gasteiger partial charge in [0.2, 0.25) is 0 Å². The Balaban J connectivity index is 2.01. The topological polar surface area (TPSA) is 70.2 Å². The fourth-order valence-electron chi connectivity index (χ4n) is 2.43. The van der Waals surface area contributed by atoms with Gasteiger partial charge in [-0.05, 0) is 23.1 Å². The first-order valence-corrected chi connectivity index (χ1v) is 7.40. The van der Waals surface area contributed by atoms with Crippen molar-refractivity contribution in [3.63, 3.8) is 0 Å². The summed E-state index contributed by atoms with van der Waals surface area (Å²) >= 11 is 1.49. The van der Waals surface area contributed by atoms with Gasteiger partial charge in [-0.2, -0.15) is 0 Å². The molecule has 0 saturated carbocycles. The molecule has 0 amide bonds. The summed E-state index contributed by atoms with van der Waals surface area (Å²) in [6.07, 6.45) is 2.58. The van der Waals surface area contributed by atoms with Crippen molar-refractivity contribution in [1.82, 2.24) is 4.98 Å². The number of fused-ring (bicyclic) bond motifs is 1. The molecule has 0 saturated heterocycles. The Morgan fingerprint density at radius 1 is 1.38 bits per heavy atom. The van der Waals surface area contributed by atoms with Gasteiger partial charge >= 0.3 is 5.97 Å². The van der Waals surface area contributed by atoms with E-state index in [4.69, 9.17) is 0 Å². The Hall–Kier alpha value is -2.40. The van der Waals surface area contributed by atoms with E-state index in [1.54, 1.807) is 0 Å². The minimum Gasteiger partial charge on any atom is -0.481 e. The molecule has 4 nitrogen and oxygen atoms in total. The van der Waals surface area contributed by atoms with E-state index in [0.29, 0.717) is 11.8 Å². The molecular weight excluding hydrogens is 286 g/mol. The molecule has 0 fully saturated rings. The van der Waals surface area contributed by atoms with Crippen molar-refractivity contribution in [2.45, 2.75) is 12.3 Å². The second-order valence-electron chi connectivity index (χ2n) is 4.79. The standard InChI is InChI=1S/C16H13NO3S/c18-6-5-11(16(19)20)10-7-15(21-9-10)13-8-17-14-4-2-1-3-12(13)14/h1-4,6-9,11,17H,5H2,(H,19,20). The van der Waals surface area contributed by atoms with E-state index >= 15 is 0 Å². The van der Waals surface area contributed by atoms with Crippen molar-refractivity contribution in [2.24, 2.45) is 0 Å². The lowest BCUT2D eigenvalue weighted by atomic mass is 9.98. The van der Waals surface area contributed by atoms with Gasteiger partial charge in [-0.3, -0.25) is 4.79 Å². The summed E-state index contributed by atoms with van der Waals surface area (Å²) < 4.78 is 0. The average Bonchev–Trinajstić information content (AvgIpc) is 3.10. The summed E-state index contributed by atoms with van der Waals surface area (Å²) in [6, 6.07) is 9.83. The Kier molecular flexibility index (Phi) is 3.58. The smallest absolute Gasteiger partial charge is 0.311 e. The molecule has 21 heavy (non-hydrogen) atoms. The fraction of sp³-hybridized carbons (Fsp3) is 0.125. The number of para-hydroxylation sites is 1. The first-order chi connectivity index (χ1) is 10.2. The molecule has 106 valence electrons. The third kappa shape index (κ3) is 2.48. The van der Waals surface area contributed by atoms with Crippen molar-refractivity contribution in [1.29, 1.82) is 0 Å². The molecule has 3 rings (SSSR count). The fourth-order valence-corrected chi connectivity index (χ4v) is 3.42. The number of nitrogens with one attached hydrogen (secondary N) is 1. The van der Waals surface area contributed by atoms with E-state index in [0.717, 1.165) is 21.3 Å². The highest BCUT2D eigenvalue weighted by molar-refractivity contribution is 7.13. The van der Waals surface area contributed by atoms with Crippen LogP contribution in [0.4, 0.5) is 0 Å². The third-order valence-electron chi connectivity index (χ3n) is 3.51. The number of H-pyrrole nitrogens is 1. The number of aromatic amines is 1. The summed E-state index contributed by atoms with van der Waals surface area (Å²) in [4.78, 5) is 26.1. The molecule has 0 aliphatic rings. The summed E-state index contributed by atoms with van der Waals surface area (Å²) in [5.74, 6) is -1.73. The van der Waals surface area contributed by atoms with Gasteiger partial charge in [0.05, 0.1) is 5.92 Å². The minimum atomic E-state index is -0.967. The number of benzene rings is 1. The molecule has 0 spiro atoms. The van der Waals surface area contributed by atoms with Crippen LogP contribution in [-0.4, -0.2) is 22.3 Å². The highest BCUT2D eigenvalue weighted by Gasteiger charge is 2.21. The van der Waals surface area contributed by atoms with Crippen molar-refractivity contribution in [2.75, 3.05) is 0 Å². The number of carbonyl (C=O) groups excluding carboxylic acids is 1. The summed E-state index contributed by atoms with van der Waals surface area (Å²) in [6.45, 7) is 0. The molecule has 5 heteroatoms. The summed E-state index contributed by atoms with van der Waals surface area (Å²) in [5, 5.41) is 12.1. The number of hydrogen-bond donors (Lipinski definition) is 2. The van der Waals surface area contributed by atoms with Crippen molar-refractivity contribution in [3.05, 3.63) is 47.5 Å². The van der Waals surface area contributed by atoms with Crippen molar-refractivity contribution in [3.8, 4) is 10.4 Å². The lowest BCUT2D eigenvalue weighted by Crippen LogP contribution is -2.11. The van der Waals surface area contributed by atoms with Crippen LogP contribution < -0.4 is 0 Å². The molecule has 0 aliphatic heterocycles. The number of carbonyl (C=O) groups is 2. The van der Waals surface area contributed by atoms with Crippen LogP contribution in [-0.2, 0) is 9.59 Å². The van der Waals surface area contributed by atoms with E-state index < -0.39 is 11.9 Å². The average molecular weight is 299 g/mol. The van der Waals surface area contributed by atoms with Crippen LogP contribution in [0.5, 0.6) is 0 Å². The van der Waals surface area contributed by atoms with Crippen molar-refractivity contribution < 1.29 is 14.7 Å². The molecule has 1 aromatic carbocycles. The van der Waals surface area contributed by atoms with E-state index in [1.807, 2.05) is 41.9 Å². The van der Waals surface area contributed by atoms with Gasteiger partial charge in [-0.1, -0.05) is 18.2 Å². The number of aliphatic carboxylic acids is 1. The second kappa shape index (κ2) is 5.54. The molecule has 2 aromatic heterocycles. The van der Waals surface area contributed by atoms with Gasteiger partial charge in [0.15, 0.2) is 0 Å². The SMILES string of the molecule is O=CCC(C(=O)O)c1csc(-c2c[nH]c3ccccc23)c1. The largest absolute Gasteiger partial charge is 0.481 e. The van der Waals surface area contributed by atoms with Gasteiger partial charge in [-0.25, -0.2) is 0 Å². The highest BCUT2D eigenvalue weighted by atomic mass is 32.1. The number of thiophene rings is 1. The number of carboxylic acids is 1. The van der Waals surface area contributed by atoms with Gasteiger partial charge in [0.1, 0.15) is 6.29 Å². The van der Waals surface area contributed by atoms with Crippen molar-refractivity contribution >= 4 is 34.5 Å². The number of aromatic nitrogens is 1. The van der Waals surface area contributed by atoms with Gasteiger partial charge in [0, 0.05) is 34.0 Å². The Bertz CT molecular complexity index is 803. The van der Waals surface area contributed by atoms with Crippen LogP contribution in [0.1, 0.15) is 17.9 Å². The van der Waals surface area contributed by atoms with E-state index in [2.05, 4.69) is 4.98 Å². The summed E-state index contributed by atoms with van der Waals surface area (Å²) in [7, 11) is 0. The van der Waals surface area contributed by atoms with Crippen LogP contribution in [0, 0.1) is 0 Å². The third-order valence-corrected chi connectivity index (χ3v) is 4.49. The first kappa shape index (κ1) is 13.6. The van der Waals surface area contributed by atoms with E-state index in [-0.39, 0.29) is 6.42 Å². The minimum absolute atomic E-state index is 0.000604. The van der Waals surface area contributed by atoms with Gasteiger partial charge in [-0.15, -0.1) is 11.3 Å². The molecule has 0 aliphatic carbocycles. The maximum Gasteiger partial charge on any atom is 0.311 e. The van der Waals surface area contributed by atoms with Gasteiger partial charge < -0.3 is 14.9 Å². The zero-order valence-corrected chi connectivity index (χ0v) is 11.9. The molecule has 1 atom stereocenters. The quantitative estimate of drug-likeness (QED) is 0.706. The number of aldehydes is 1. The predicted octanol–water partition coefficient (Wildman–Crippen LogP) is 3.65. The maximum atomic E-state index is 11.2. The highest BCUT2D eigenvalue weighted by Crippen LogP contribution is 2.35. The van der Waals surface area contributed by atoms with Crippen LogP contribution in [0.15, 0.2) is 41.9 Å². The molecule has 2 heterocycles. The van der Waals surface area contributed by atoms with Crippen LogP contribution in [0.2, 0.25) is 0 Å². The number of carboxylic acid groups (broad SMARTS) is 1. The van der Waals surface area contributed by atoms with E-state index in [9.17, 15) is 14.7 Å². The van der Waals surface area contributed by atoms with Crippen LogP contribution in [0.25, 0.3) is 21.3 Å². The molecule has 0 bridgehead atoms. The molecule has 1 unspecified atom stereocenters. The molecule has 3 aromatic rings. The maximum absolute atomic E-state index is 11.2. The monoisotopic (exact) mass is 299 g/mol. The van der Waals surface area contributed by atoms with Crippen LogP contribution >= 0.6 is 11.3 Å². The zero-order valence-electron chi connectivity index (χ0n) is 11.1. The Morgan fingerprint density at radius 3 is 2.95 bits per heavy atom. The molecular formula is C16H13NO3S.